The van der Waals surface area contributed by atoms with Crippen LogP contribution >= 0.6 is 0 Å². The van der Waals surface area contributed by atoms with E-state index in [0.29, 0.717) is 37.2 Å². The topological polar surface area (TPSA) is 101 Å². The summed E-state index contributed by atoms with van der Waals surface area (Å²) < 4.78 is 0. The number of fused-ring (bicyclic) bond motifs is 1. The number of aliphatic hydroxyl groups excluding tert-OH is 3. The van der Waals surface area contributed by atoms with Crippen molar-refractivity contribution in [3.63, 3.8) is 0 Å². The lowest BCUT2D eigenvalue weighted by atomic mass is 9.57. The molecule has 5 nitrogen and oxygen atoms in total. The van der Waals surface area contributed by atoms with Gasteiger partial charge in [0.1, 0.15) is 0 Å². The Labute approximate surface area is 193 Å². The number of hydrogen-bond donors (Lipinski definition) is 5. The summed E-state index contributed by atoms with van der Waals surface area (Å²) in [6.07, 6.45) is 7.79. The second-order valence-corrected chi connectivity index (χ2v) is 11.6. The summed E-state index contributed by atoms with van der Waals surface area (Å²) in [5.41, 5.74) is -0.306. The van der Waals surface area contributed by atoms with Gasteiger partial charge in [-0.25, -0.2) is 0 Å². The van der Waals surface area contributed by atoms with Crippen LogP contribution in [-0.4, -0.2) is 55.0 Å². The first-order chi connectivity index (χ1) is 14.8. The summed E-state index contributed by atoms with van der Waals surface area (Å²) in [7, 11) is 0. The molecule has 7 atom stereocenters. The minimum Gasteiger partial charge on any atom is -0.393 e. The van der Waals surface area contributed by atoms with Gasteiger partial charge in [-0.3, -0.25) is 0 Å². The monoisotopic (exact) mass is 448 g/mol. The highest BCUT2D eigenvalue weighted by Crippen LogP contribution is 2.63. The average Bonchev–Trinajstić information content (AvgIpc) is 2.95. The first-order valence-electron chi connectivity index (χ1n) is 12.4. The summed E-state index contributed by atoms with van der Waals surface area (Å²) in [5, 5.41) is 54.1. The highest BCUT2D eigenvalue weighted by molar-refractivity contribution is 5.39. The van der Waals surface area contributed by atoms with Crippen molar-refractivity contribution >= 4 is 0 Å². The van der Waals surface area contributed by atoms with Crippen LogP contribution in [0.15, 0.2) is 35.5 Å². The lowest BCUT2D eigenvalue weighted by molar-refractivity contribution is -0.211. The number of rotatable bonds is 6. The van der Waals surface area contributed by atoms with E-state index in [2.05, 4.69) is 19.6 Å². The molecule has 3 aliphatic rings. The SMILES string of the molecule is C=C1/C(=C\C=C2/CCC[C@@]3(C)[C@H]2CC[C@]3(O)[C@@](C)(O)CC(O)CC(C)C)C[C@@H](O)C[C@@H]1O. The molecule has 0 aromatic heterocycles. The van der Waals surface area contributed by atoms with Crippen molar-refractivity contribution in [1.29, 1.82) is 0 Å². The summed E-state index contributed by atoms with van der Waals surface area (Å²) in [4.78, 5) is 0. The molecule has 3 rings (SSSR count). The quantitative estimate of drug-likeness (QED) is 0.426. The molecule has 1 unspecified atom stereocenters. The second-order valence-electron chi connectivity index (χ2n) is 11.6. The summed E-state index contributed by atoms with van der Waals surface area (Å²) in [5.74, 6) is 0.477. The van der Waals surface area contributed by atoms with Crippen LogP contribution in [0.4, 0.5) is 0 Å². The summed E-state index contributed by atoms with van der Waals surface area (Å²) >= 11 is 0. The number of allylic oxidation sites excluding steroid dienone is 3. The maximum absolute atomic E-state index is 11.9. The minimum atomic E-state index is -1.38. The van der Waals surface area contributed by atoms with Crippen molar-refractivity contribution in [2.45, 2.75) is 115 Å². The molecule has 0 amide bonds. The molecular formula is C27H44O5. The van der Waals surface area contributed by atoms with Crippen LogP contribution in [-0.2, 0) is 0 Å². The van der Waals surface area contributed by atoms with Crippen molar-refractivity contribution in [3.05, 3.63) is 35.5 Å². The first-order valence-corrected chi connectivity index (χ1v) is 12.4. The fourth-order valence-corrected chi connectivity index (χ4v) is 6.86. The van der Waals surface area contributed by atoms with Crippen molar-refractivity contribution < 1.29 is 25.5 Å². The van der Waals surface area contributed by atoms with Gasteiger partial charge in [-0.15, -0.1) is 0 Å². The predicted octanol–water partition coefficient (Wildman–Crippen LogP) is 3.79. The van der Waals surface area contributed by atoms with Gasteiger partial charge in [0.15, 0.2) is 0 Å². The molecule has 0 spiro atoms. The van der Waals surface area contributed by atoms with Gasteiger partial charge in [0.2, 0.25) is 0 Å². The Kier molecular flexibility index (Phi) is 7.49. The van der Waals surface area contributed by atoms with Crippen LogP contribution in [0.3, 0.4) is 0 Å². The smallest absolute Gasteiger partial charge is 0.0990 e. The first kappa shape index (κ1) is 25.6. The molecule has 32 heavy (non-hydrogen) atoms. The molecule has 0 bridgehead atoms. The van der Waals surface area contributed by atoms with Crippen LogP contribution in [0.1, 0.15) is 85.5 Å². The molecule has 5 N–H and O–H groups in total. The van der Waals surface area contributed by atoms with Crippen LogP contribution in [0.5, 0.6) is 0 Å². The maximum atomic E-state index is 11.9. The molecule has 3 aliphatic carbocycles. The second kappa shape index (κ2) is 9.34. The zero-order valence-electron chi connectivity index (χ0n) is 20.3. The molecule has 0 radical (unpaired) electrons. The molecule has 0 aromatic carbocycles. The van der Waals surface area contributed by atoms with Crippen molar-refractivity contribution in [1.82, 2.24) is 0 Å². The molecule has 0 heterocycles. The molecule has 182 valence electrons. The summed E-state index contributed by atoms with van der Waals surface area (Å²) in [6, 6.07) is 0. The molecule has 0 aromatic rings. The fourth-order valence-electron chi connectivity index (χ4n) is 6.86. The Hall–Kier alpha value is -0.980. The average molecular weight is 449 g/mol. The van der Waals surface area contributed by atoms with E-state index >= 15 is 0 Å². The van der Waals surface area contributed by atoms with Crippen molar-refractivity contribution in [3.8, 4) is 0 Å². The van der Waals surface area contributed by atoms with Gasteiger partial charge in [0.05, 0.1) is 29.5 Å². The van der Waals surface area contributed by atoms with Gasteiger partial charge in [0, 0.05) is 18.3 Å². The van der Waals surface area contributed by atoms with Gasteiger partial charge in [-0.1, -0.05) is 45.1 Å². The van der Waals surface area contributed by atoms with E-state index in [1.54, 1.807) is 6.92 Å². The maximum Gasteiger partial charge on any atom is 0.0990 e. The van der Waals surface area contributed by atoms with Crippen molar-refractivity contribution in [2.75, 3.05) is 0 Å². The van der Waals surface area contributed by atoms with E-state index in [1.165, 1.54) is 5.57 Å². The van der Waals surface area contributed by atoms with Crippen molar-refractivity contribution in [2.24, 2.45) is 17.3 Å². The van der Waals surface area contributed by atoms with Gasteiger partial charge < -0.3 is 25.5 Å². The van der Waals surface area contributed by atoms with E-state index < -0.39 is 34.9 Å². The lowest BCUT2D eigenvalue weighted by Gasteiger charge is -2.53. The van der Waals surface area contributed by atoms with E-state index in [9.17, 15) is 25.5 Å². The molecule has 0 aliphatic heterocycles. The van der Waals surface area contributed by atoms with Gasteiger partial charge in [-0.2, -0.15) is 0 Å². The summed E-state index contributed by atoms with van der Waals surface area (Å²) in [6.45, 7) is 11.9. The molecular weight excluding hydrogens is 404 g/mol. The number of aliphatic hydroxyl groups is 5. The molecule has 3 saturated carbocycles. The van der Waals surface area contributed by atoms with E-state index in [1.807, 2.05) is 19.9 Å². The highest BCUT2D eigenvalue weighted by atomic mass is 16.4. The zero-order chi connectivity index (χ0) is 23.9. The van der Waals surface area contributed by atoms with Crippen LogP contribution in [0, 0.1) is 17.3 Å². The van der Waals surface area contributed by atoms with Gasteiger partial charge >= 0.3 is 0 Å². The van der Waals surface area contributed by atoms with E-state index in [0.717, 1.165) is 31.3 Å². The standard InChI is InChI=1S/C27H44O5/c1-17(2)13-22(29)16-26(5,31)27(32)12-10-23-19(7-6-11-25(23,27)4)8-9-20-14-21(28)15-24(30)18(20)3/h8-9,17,21-24,28-32H,3,6-7,10-16H2,1-2,4-5H3/b19-8+,20-9-/t21-,22?,23+,24+,25+,26+,27-/m1/s1. The molecule has 0 saturated heterocycles. The Morgan fingerprint density at radius 3 is 2.56 bits per heavy atom. The normalized spacial score (nSPS) is 41.2. The Balaban J connectivity index is 1.85. The largest absolute Gasteiger partial charge is 0.393 e. The molecule has 3 fully saturated rings. The van der Waals surface area contributed by atoms with Gasteiger partial charge in [-0.05, 0) is 74.9 Å². The van der Waals surface area contributed by atoms with Crippen LogP contribution in [0.2, 0.25) is 0 Å². The number of hydrogen-bond acceptors (Lipinski definition) is 5. The minimum absolute atomic E-state index is 0.151. The Morgan fingerprint density at radius 2 is 1.91 bits per heavy atom. The van der Waals surface area contributed by atoms with Crippen LogP contribution < -0.4 is 0 Å². The Morgan fingerprint density at radius 1 is 1.22 bits per heavy atom. The lowest BCUT2D eigenvalue weighted by Crippen LogP contribution is -2.62. The van der Waals surface area contributed by atoms with E-state index in [4.69, 9.17) is 0 Å². The fraction of sp³-hybridized carbons (Fsp3) is 0.778. The highest BCUT2D eigenvalue weighted by Gasteiger charge is 2.65. The van der Waals surface area contributed by atoms with Crippen LogP contribution in [0.25, 0.3) is 0 Å². The zero-order valence-corrected chi connectivity index (χ0v) is 20.3. The third-order valence-corrected chi connectivity index (χ3v) is 8.65. The molecule has 5 heteroatoms. The van der Waals surface area contributed by atoms with E-state index in [-0.39, 0.29) is 12.3 Å². The predicted molar refractivity (Wildman–Crippen MR) is 127 cm³/mol. The van der Waals surface area contributed by atoms with Gasteiger partial charge in [0.25, 0.3) is 0 Å². The third kappa shape index (κ3) is 4.65. The Bertz CT molecular complexity index is 766. The third-order valence-electron chi connectivity index (χ3n) is 8.65.